The average Bonchev–Trinajstić information content (AvgIpc) is 3.37. The molecule has 0 aliphatic heterocycles. The summed E-state index contributed by atoms with van der Waals surface area (Å²) in [6.07, 6.45) is 13.7. The van der Waals surface area contributed by atoms with Gasteiger partial charge in [0.2, 0.25) is 0 Å². The molecule has 1 nitrogen and oxygen atoms in total. The van der Waals surface area contributed by atoms with Crippen molar-refractivity contribution >= 4 is 48.6 Å². The van der Waals surface area contributed by atoms with Gasteiger partial charge in [0.05, 0.1) is 0 Å². The van der Waals surface area contributed by atoms with E-state index in [1.165, 1.54) is 113 Å². The van der Waals surface area contributed by atoms with E-state index >= 15 is 0 Å². The van der Waals surface area contributed by atoms with E-state index in [-0.39, 0.29) is 0 Å². The lowest BCUT2D eigenvalue weighted by Crippen LogP contribution is -2.11. The Labute approximate surface area is 231 Å². The van der Waals surface area contributed by atoms with Gasteiger partial charge in [0.1, 0.15) is 0 Å². The minimum absolute atomic E-state index is 0.732. The molecule has 38 heavy (non-hydrogen) atoms. The zero-order valence-corrected chi connectivity index (χ0v) is 23.1. The van der Waals surface area contributed by atoms with E-state index in [4.69, 9.17) is 0 Å². The molecule has 7 rings (SSSR count). The van der Waals surface area contributed by atoms with Gasteiger partial charge >= 0.3 is 0 Å². The van der Waals surface area contributed by atoms with Gasteiger partial charge in [-0.25, -0.2) is 0 Å². The molecule has 0 radical (unpaired) electrons. The number of rotatable bonds is 5. The third kappa shape index (κ3) is 4.64. The van der Waals surface area contributed by atoms with Crippen molar-refractivity contribution < 1.29 is 0 Å². The first-order valence-electron chi connectivity index (χ1n) is 14.7. The van der Waals surface area contributed by atoms with Gasteiger partial charge in [0, 0.05) is 37.2 Å². The van der Waals surface area contributed by atoms with Crippen LogP contribution in [0.15, 0.2) is 91.0 Å². The van der Waals surface area contributed by atoms with Crippen molar-refractivity contribution in [3.05, 3.63) is 102 Å². The third-order valence-corrected chi connectivity index (χ3v) is 10.2. The number of hydrogen-bond acceptors (Lipinski definition) is 2. The highest BCUT2D eigenvalue weighted by molar-refractivity contribution is 7.25. The summed E-state index contributed by atoms with van der Waals surface area (Å²) in [5.41, 5.74) is 6.76. The van der Waals surface area contributed by atoms with Crippen molar-refractivity contribution in [3.63, 3.8) is 0 Å². The fourth-order valence-corrected chi connectivity index (χ4v) is 8.10. The number of anilines is 3. The second-order valence-corrected chi connectivity index (χ2v) is 12.6. The lowest BCUT2D eigenvalue weighted by molar-refractivity contribution is 0.443. The second-order valence-electron chi connectivity index (χ2n) is 11.5. The Morgan fingerprint density at radius 1 is 0.474 bits per heavy atom. The van der Waals surface area contributed by atoms with E-state index in [2.05, 4.69) is 95.9 Å². The van der Waals surface area contributed by atoms with Crippen LogP contribution in [0.5, 0.6) is 0 Å². The largest absolute Gasteiger partial charge is 0.310 e. The quantitative estimate of drug-likeness (QED) is 0.225. The van der Waals surface area contributed by atoms with Crippen LogP contribution in [0.2, 0.25) is 0 Å². The van der Waals surface area contributed by atoms with Gasteiger partial charge in [-0.2, -0.15) is 0 Å². The van der Waals surface area contributed by atoms with E-state index in [0.29, 0.717) is 0 Å². The fraction of sp³-hybridized carbons (Fsp3) is 0.333. The first kappa shape index (κ1) is 24.0. The number of thiophene rings is 1. The van der Waals surface area contributed by atoms with Gasteiger partial charge < -0.3 is 4.90 Å². The smallest absolute Gasteiger partial charge is 0.0476 e. The molecule has 192 valence electrons. The predicted molar refractivity (Wildman–Crippen MR) is 166 cm³/mol. The van der Waals surface area contributed by atoms with Crippen LogP contribution in [-0.4, -0.2) is 0 Å². The highest BCUT2D eigenvalue weighted by Crippen LogP contribution is 2.42. The summed E-state index contributed by atoms with van der Waals surface area (Å²) in [5.74, 6) is 1.46. The van der Waals surface area contributed by atoms with Crippen LogP contribution in [-0.2, 0) is 0 Å². The zero-order valence-electron chi connectivity index (χ0n) is 22.2. The molecule has 0 bridgehead atoms. The summed E-state index contributed by atoms with van der Waals surface area (Å²) < 4.78 is 2.71. The van der Waals surface area contributed by atoms with E-state index in [0.717, 1.165) is 11.8 Å². The predicted octanol–water partition coefficient (Wildman–Crippen LogP) is 11.6. The van der Waals surface area contributed by atoms with Crippen LogP contribution in [0.3, 0.4) is 0 Å². The minimum atomic E-state index is 0.732. The van der Waals surface area contributed by atoms with Gasteiger partial charge in [0.25, 0.3) is 0 Å². The van der Waals surface area contributed by atoms with Crippen LogP contribution in [0.25, 0.3) is 20.2 Å². The van der Waals surface area contributed by atoms with E-state index in [1.807, 2.05) is 11.3 Å². The van der Waals surface area contributed by atoms with Crippen LogP contribution in [0, 0.1) is 0 Å². The molecule has 4 aromatic carbocycles. The van der Waals surface area contributed by atoms with Crippen LogP contribution < -0.4 is 4.90 Å². The second kappa shape index (κ2) is 10.6. The van der Waals surface area contributed by atoms with Gasteiger partial charge in [-0.05, 0) is 91.1 Å². The van der Waals surface area contributed by atoms with Gasteiger partial charge in [-0.3, -0.25) is 0 Å². The Bertz CT molecular complexity index is 1450. The molecule has 0 unspecified atom stereocenters. The maximum Gasteiger partial charge on any atom is 0.0476 e. The number of benzene rings is 4. The normalized spacial score (nSPS) is 17.3. The van der Waals surface area contributed by atoms with E-state index < -0.39 is 0 Å². The highest BCUT2D eigenvalue weighted by atomic mass is 32.1. The maximum atomic E-state index is 2.46. The molecule has 2 aliphatic rings. The van der Waals surface area contributed by atoms with Crippen molar-refractivity contribution in [1.29, 1.82) is 0 Å². The molecule has 2 heteroatoms. The molecule has 5 aromatic rings. The van der Waals surface area contributed by atoms with E-state index in [1.54, 1.807) is 0 Å². The number of nitrogens with zero attached hydrogens (tertiary/aromatic N) is 1. The average molecular weight is 516 g/mol. The lowest BCUT2D eigenvalue weighted by Gasteiger charge is -2.28. The zero-order chi connectivity index (χ0) is 25.3. The Morgan fingerprint density at radius 2 is 0.974 bits per heavy atom. The Hall–Kier alpha value is -3.10. The van der Waals surface area contributed by atoms with Gasteiger partial charge in [-0.15, -0.1) is 11.3 Å². The lowest BCUT2D eigenvalue weighted by atomic mass is 9.84. The standard InChI is InChI=1S/C36H37NS/c1-3-9-26(10-4-1)28-15-19-30(20-16-28)37(31-21-17-29(18-22-31)27-11-5-2-6-12-27)32-23-24-34-33-13-7-8-14-35(33)38-36(34)25-32/h7-8,13-27H,1-6,9-12H2. The minimum Gasteiger partial charge on any atom is -0.310 e. The molecular formula is C36H37NS. The van der Waals surface area contributed by atoms with Gasteiger partial charge in [-0.1, -0.05) is 87.1 Å². The highest BCUT2D eigenvalue weighted by Gasteiger charge is 2.20. The van der Waals surface area contributed by atoms with E-state index in [9.17, 15) is 0 Å². The molecule has 0 spiro atoms. The Balaban J connectivity index is 1.28. The molecule has 0 N–H and O–H groups in total. The number of hydrogen-bond donors (Lipinski definition) is 0. The fourth-order valence-electron chi connectivity index (χ4n) is 6.96. The summed E-state index contributed by atoms with van der Waals surface area (Å²) in [7, 11) is 0. The van der Waals surface area contributed by atoms with Crippen LogP contribution in [0.4, 0.5) is 17.1 Å². The topological polar surface area (TPSA) is 3.24 Å². The first-order chi connectivity index (χ1) is 18.8. The molecule has 2 saturated carbocycles. The summed E-state index contributed by atoms with van der Waals surface area (Å²) in [6.45, 7) is 0. The molecule has 0 saturated heterocycles. The van der Waals surface area contributed by atoms with Gasteiger partial charge in [0.15, 0.2) is 0 Å². The van der Waals surface area contributed by atoms with Crippen LogP contribution >= 0.6 is 11.3 Å². The third-order valence-electron chi connectivity index (χ3n) is 9.08. The summed E-state index contributed by atoms with van der Waals surface area (Å²) in [4.78, 5) is 2.46. The summed E-state index contributed by atoms with van der Waals surface area (Å²) >= 11 is 1.90. The van der Waals surface area contributed by atoms with Crippen molar-refractivity contribution in [2.45, 2.75) is 76.0 Å². The van der Waals surface area contributed by atoms with Crippen molar-refractivity contribution in [2.24, 2.45) is 0 Å². The molecular weight excluding hydrogens is 478 g/mol. The SMILES string of the molecule is c1ccc2c(c1)sc1cc(N(c3ccc(C4CCCCC4)cc3)c3ccc(C4CCCCC4)cc3)ccc12. The van der Waals surface area contributed by atoms with Crippen molar-refractivity contribution in [2.75, 3.05) is 4.90 Å². The monoisotopic (exact) mass is 515 g/mol. The van der Waals surface area contributed by atoms with Crippen LogP contribution in [0.1, 0.15) is 87.2 Å². The molecule has 2 fully saturated rings. The molecule has 0 amide bonds. The summed E-state index contributed by atoms with van der Waals surface area (Å²) in [5, 5.41) is 2.72. The first-order valence-corrected chi connectivity index (χ1v) is 15.6. The number of fused-ring (bicyclic) bond motifs is 3. The molecule has 1 heterocycles. The van der Waals surface area contributed by atoms with Crippen molar-refractivity contribution in [1.82, 2.24) is 0 Å². The Kier molecular flexibility index (Phi) is 6.67. The Morgan fingerprint density at radius 3 is 1.55 bits per heavy atom. The molecule has 2 aliphatic carbocycles. The maximum absolute atomic E-state index is 2.46. The van der Waals surface area contributed by atoms with Crippen molar-refractivity contribution in [3.8, 4) is 0 Å². The molecule has 0 atom stereocenters. The molecule has 1 aromatic heterocycles. The summed E-state index contributed by atoms with van der Waals surface area (Å²) in [6, 6.07) is 34.8.